The summed E-state index contributed by atoms with van der Waals surface area (Å²) >= 11 is 1.44. The van der Waals surface area contributed by atoms with Crippen LogP contribution in [0.15, 0.2) is 12.1 Å². The Morgan fingerprint density at radius 1 is 1.20 bits per heavy atom. The number of rotatable bonds is 4. The minimum absolute atomic E-state index is 0.0618. The molecule has 110 valence electrons. The molecular weight excluding hydrogens is 272 g/mol. The fraction of sp³-hybridized carbons (Fsp3) is 0.600. The Hall–Kier alpha value is -1.36. The highest BCUT2D eigenvalue weighted by Gasteiger charge is 2.15. The van der Waals surface area contributed by atoms with Crippen LogP contribution in [0, 0.1) is 6.92 Å². The number of nitrogens with one attached hydrogen (secondary N) is 2. The van der Waals surface area contributed by atoms with Crippen molar-refractivity contribution in [3.05, 3.63) is 21.9 Å². The third kappa shape index (κ3) is 4.63. The van der Waals surface area contributed by atoms with Crippen molar-refractivity contribution < 1.29 is 9.59 Å². The van der Waals surface area contributed by atoms with Gasteiger partial charge in [-0.3, -0.25) is 9.59 Å². The zero-order valence-corrected chi connectivity index (χ0v) is 12.7. The van der Waals surface area contributed by atoms with Gasteiger partial charge in [0.2, 0.25) is 5.91 Å². The highest BCUT2D eigenvalue weighted by atomic mass is 32.1. The molecule has 2 N–H and O–H groups in total. The van der Waals surface area contributed by atoms with Crippen LogP contribution in [0.25, 0.3) is 0 Å². The Morgan fingerprint density at radius 2 is 1.90 bits per heavy atom. The van der Waals surface area contributed by atoms with Crippen LogP contribution in [0.2, 0.25) is 0 Å². The minimum atomic E-state index is -0.167. The number of carbonyl (C=O) groups excluding carboxylic acids is 2. The molecule has 0 saturated heterocycles. The molecule has 4 nitrogen and oxygen atoms in total. The maximum Gasteiger partial charge on any atom is 0.261 e. The van der Waals surface area contributed by atoms with Crippen LogP contribution in [-0.4, -0.2) is 24.4 Å². The second-order valence-corrected chi connectivity index (χ2v) is 6.64. The largest absolute Gasteiger partial charge is 0.352 e. The van der Waals surface area contributed by atoms with Crippen molar-refractivity contribution in [2.75, 3.05) is 6.54 Å². The summed E-state index contributed by atoms with van der Waals surface area (Å²) in [7, 11) is 0. The molecule has 5 heteroatoms. The molecule has 1 aliphatic rings. The summed E-state index contributed by atoms with van der Waals surface area (Å²) in [6.45, 7) is 2.02. The number of amides is 2. The maximum absolute atomic E-state index is 11.8. The third-order valence-corrected chi connectivity index (χ3v) is 4.59. The molecule has 0 bridgehead atoms. The summed E-state index contributed by atoms with van der Waals surface area (Å²) in [5.74, 6) is -0.252. The van der Waals surface area contributed by atoms with Crippen LogP contribution in [-0.2, 0) is 4.79 Å². The Morgan fingerprint density at radius 3 is 2.50 bits per heavy atom. The van der Waals surface area contributed by atoms with Crippen LogP contribution in [0.5, 0.6) is 0 Å². The normalized spacial score (nSPS) is 16.4. The first kappa shape index (κ1) is 15.0. The molecule has 1 aromatic heterocycles. The molecule has 0 unspecified atom stereocenters. The molecule has 1 saturated carbocycles. The molecule has 2 rings (SSSR count). The van der Waals surface area contributed by atoms with Gasteiger partial charge in [0.1, 0.15) is 0 Å². The van der Waals surface area contributed by atoms with Crippen molar-refractivity contribution >= 4 is 23.2 Å². The van der Waals surface area contributed by atoms with Crippen molar-refractivity contribution in [3.8, 4) is 0 Å². The summed E-state index contributed by atoms with van der Waals surface area (Å²) < 4.78 is 0. The predicted octanol–water partition coefficient (Wildman–Crippen LogP) is 2.63. The third-order valence-electron chi connectivity index (χ3n) is 3.59. The average molecular weight is 294 g/mol. The number of hydrogen-bond acceptors (Lipinski definition) is 3. The van der Waals surface area contributed by atoms with E-state index in [1.807, 2.05) is 13.0 Å². The first-order valence-electron chi connectivity index (χ1n) is 7.29. The number of thiophene rings is 1. The molecule has 0 aliphatic heterocycles. The monoisotopic (exact) mass is 294 g/mol. The predicted molar refractivity (Wildman–Crippen MR) is 81.0 cm³/mol. The molecule has 1 aliphatic carbocycles. The highest BCUT2D eigenvalue weighted by molar-refractivity contribution is 7.13. The van der Waals surface area contributed by atoms with Gasteiger partial charge < -0.3 is 10.6 Å². The van der Waals surface area contributed by atoms with E-state index in [2.05, 4.69) is 10.6 Å². The minimum Gasteiger partial charge on any atom is -0.352 e. The molecule has 20 heavy (non-hydrogen) atoms. The van der Waals surface area contributed by atoms with E-state index in [9.17, 15) is 9.59 Å². The lowest BCUT2D eigenvalue weighted by atomic mass is 10.1. The van der Waals surface area contributed by atoms with Gasteiger partial charge in [0.15, 0.2) is 0 Å². The van der Waals surface area contributed by atoms with E-state index in [1.165, 1.54) is 37.0 Å². The van der Waals surface area contributed by atoms with E-state index in [4.69, 9.17) is 0 Å². The number of carbonyl (C=O) groups is 2. The maximum atomic E-state index is 11.8. The van der Waals surface area contributed by atoms with Crippen LogP contribution < -0.4 is 10.6 Å². The zero-order valence-electron chi connectivity index (χ0n) is 11.9. The van der Waals surface area contributed by atoms with Crippen molar-refractivity contribution in [2.24, 2.45) is 0 Å². The van der Waals surface area contributed by atoms with Crippen LogP contribution in [0.3, 0.4) is 0 Å². The van der Waals surface area contributed by atoms with Crippen molar-refractivity contribution in [1.82, 2.24) is 10.6 Å². The summed E-state index contributed by atoms with van der Waals surface area (Å²) in [4.78, 5) is 25.4. The van der Waals surface area contributed by atoms with Gasteiger partial charge in [-0.25, -0.2) is 0 Å². The van der Waals surface area contributed by atoms with Gasteiger partial charge in [0.05, 0.1) is 11.4 Å². The van der Waals surface area contributed by atoms with Gasteiger partial charge in [-0.2, -0.15) is 0 Å². The Bertz CT molecular complexity index is 462. The van der Waals surface area contributed by atoms with Crippen LogP contribution in [0.4, 0.5) is 0 Å². The first-order valence-corrected chi connectivity index (χ1v) is 8.11. The van der Waals surface area contributed by atoms with Crippen LogP contribution >= 0.6 is 11.3 Å². The van der Waals surface area contributed by atoms with E-state index in [0.717, 1.165) is 17.7 Å². The van der Waals surface area contributed by atoms with Crippen LogP contribution in [0.1, 0.15) is 53.1 Å². The molecular formula is C15H22N2O2S. The fourth-order valence-electron chi connectivity index (χ4n) is 2.51. The highest BCUT2D eigenvalue weighted by Crippen LogP contribution is 2.17. The molecule has 1 aromatic rings. The van der Waals surface area contributed by atoms with Crippen molar-refractivity contribution in [1.29, 1.82) is 0 Å². The topological polar surface area (TPSA) is 58.2 Å². The van der Waals surface area contributed by atoms with Crippen molar-refractivity contribution in [2.45, 2.75) is 51.5 Å². The fourth-order valence-corrected chi connectivity index (χ4v) is 3.29. The van der Waals surface area contributed by atoms with Gasteiger partial charge in [-0.15, -0.1) is 11.3 Å². The van der Waals surface area contributed by atoms with Gasteiger partial charge >= 0.3 is 0 Å². The Labute approximate surface area is 124 Å². The van der Waals surface area contributed by atoms with Gasteiger partial charge in [-0.1, -0.05) is 25.7 Å². The lowest BCUT2D eigenvalue weighted by molar-refractivity contribution is -0.120. The zero-order chi connectivity index (χ0) is 14.4. The van der Waals surface area contributed by atoms with E-state index in [1.54, 1.807) is 6.07 Å². The molecule has 1 heterocycles. The summed E-state index contributed by atoms with van der Waals surface area (Å²) in [5.41, 5.74) is 0. The molecule has 0 radical (unpaired) electrons. The van der Waals surface area contributed by atoms with E-state index in [-0.39, 0.29) is 24.4 Å². The van der Waals surface area contributed by atoms with Gasteiger partial charge in [0, 0.05) is 10.9 Å². The molecule has 2 amide bonds. The molecule has 0 atom stereocenters. The van der Waals surface area contributed by atoms with E-state index >= 15 is 0 Å². The number of aryl methyl sites for hydroxylation is 1. The van der Waals surface area contributed by atoms with Gasteiger partial charge in [0.25, 0.3) is 5.91 Å². The second kappa shape index (κ2) is 7.43. The Balaban J connectivity index is 1.73. The van der Waals surface area contributed by atoms with E-state index < -0.39 is 0 Å². The van der Waals surface area contributed by atoms with Crippen molar-refractivity contribution in [3.63, 3.8) is 0 Å². The smallest absolute Gasteiger partial charge is 0.261 e. The molecule has 0 aromatic carbocycles. The quantitative estimate of drug-likeness (QED) is 0.839. The van der Waals surface area contributed by atoms with Gasteiger partial charge in [-0.05, 0) is 31.9 Å². The Kier molecular flexibility index (Phi) is 5.59. The molecule has 0 spiro atoms. The summed E-state index contributed by atoms with van der Waals surface area (Å²) in [5, 5.41) is 5.70. The lowest BCUT2D eigenvalue weighted by Gasteiger charge is -2.16. The average Bonchev–Trinajstić information content (AvgIpc) is 2.70. The standard InChI is InChI=1S/C15H22N2O2S/c1-11-8-9-13(20-11)15(19)16-10-14(18)17-12-6-4-2-3-5-7-12/h8-9,12H,2-7,10H2,1H3,(H,16,19)(H,17,18). The summed E-state index contributed by atoms with van der Waals surface area (Å²) in [6, 6.07) is 3.98. The number of hydrogen-bond donors (Lipinski definition) is 2. The lowest BCUT2D eigenvalue weighted by Crippen LogP contribution is -2.41. The molecule has 1 fully saturated rings. The summed E-state index contributed by atoms with van der Waals surface area (Å²) in [6.07, 6.45) is 7.02. The first-order chi connectivity index (χ1) is 9.65. The van der Waals surface area contributed by atoms with E-state index in [0.29, 0.717) is 4.88 Å². The second-order valence-electron chi connectivity index (χ2n) is 5.35. The SMILES string of the molecule is Cc1ccc(C(=O)NCC(=O)NC2CCCCCC2)s1.